The highest BCUT2D eigenvalue weighted by atomic mass is 127. The Labute approximate surface area is 121 Å². The van der Waals surface area contributed by atoms with E-state index in [0.29, 0.717) is 6.42 Å². The normalized spacial score (nSPS) is 12.9. The highest BCUT2D eigenvalue weighted by Crippen LogP contribution is 2.08. The lowest BCUT2D eigenvalue weighted by atomic mass is 10.1. The smallest absolute Gasteiger partial charge is 0.408 e. The van der Waals surface area contributed by atoms with E-state index < -0.39 is 23.7 Å². The number of carboxylic acid groups (broad SMARTS) is 1. The van der Waals surface area contributed by atoms with Gasteiger partial charge in [0.2, 0.25) is 0 Å². The Balaban J connectivity index is 4.11. The molecule has 1 atom stereocenters. The van der Waals surface area contributed by atoms with Crippen LogP contribution in [-0.4, -0.2) is 35.4 Å². The van der Waals surface area contributed by atoms with Crippen LogP contribution in [0.1, 0.15) is 40.0 Å². The second-order valence-corrected chi connectivity index (χ2v) is 5.68. The molecule has 106 valence electrons. The first-order valence-electron chi connectivity index (χ1n) is 5.82. The fourth-order valence-electron chi connectivity index (χ4n) is 1.25. The molecule has 0 saturated heterocycles. The van der Waals surface area contributed by atoms with Gasteiger partial charge in [0.1, 0.15) is 11.6 Å². The Morgan fingerprint density at radius 2 is 1.94 bits per heavy atom. The zero-order valence-corrected chi connectivity index (χ0v) is 13.1. The molecule has 0 saturated carbocycles. The second-order valence-electron chi connectivity index (χ2n) is 4.92. The Morgan fingerprint density at radius 1 is 1.33 bits per heavy atom. The van der Waals surface area contributed by atoms with E-state index in [4.69, 9.17) is 9.84 Å². The number of amides is 1. The van der Waals surface area contributed by atoms with Gasteiger partial charge in [-0.25, -0.2) is 9.59 Å². The number of carbonyl (C=O) groups is 2. The van der Waals surface area contributed by atoms with Gasteiger partial charge in [0.15, 0.2) is 0 Å². The number of ether oxygens (including phenoxy) is 1. The molecule has 0 unspecified atom stereocenters. The van der Waals surface area contributed by atoms with Crippen LogP contribution < -0.4 is 8.85 Å². The molecule has 0 radical (unpaired) electrons. The van der Waals surface area contributed by atoms with Crippen LogP contribution in [0.3, 0.4) is 0 Å². The maximum Gasteiger partial charge on any atom is 0.408 e. The number of aliphatic carboxylic acids is 1. The number of carboxylic acids is 1. The Hall–Kier alpha value is -0.570. The second kappa shape index (κ2) is 8.52. The molecule has 1 amide bonds. The molecule has 18 heavy (non-hydrogen) atoms. The Bertz CT molecular complexity index is 279. The predicted molar refractivity (Wildman–Crippen MR) is 76.7 cm³/mol. The zero-order chi connectivity index (χ0) is 14.2. The Morgan fingerprint density at radius 3 is 2.39 bits per heavy atom. The third-order valence-electron chi connectivity index (χ3n) is 2.00. The number of hydrogen-bond donors (Lipinski definition) is 3. The van der Waals surface area contributed by atoms with Crippen molar-refractivity contribution in [2.24, 2.45) is 0 Å². The van der Waals surface area contributed by atoms with Crippen molar-refractivity contribution in [3.63, 3.8) is 0 Å². The quantitative estimate of drug-likeness (QED) is 0.362. The molecular formula is C11H21IN2O4. The maximum atomic E-state index is 11.5. The lowest BCUT2D eigenvalue weighted by Gasteiger charge is -2.22. The molecule has 0 heterocycles. The summed E-state index contributed by atoms with van der Waals surface area (Å²) in [6, 6.07) is -0.894. The third-order valence-corrected chi connectivity index (χ3v) is 2.54. The molecular weight excluding hydrogens is 351 g/mol. The van der Waals surface area contributed by atoms with Gasteiger partial charge in [-0.2, -0.15) is 0 Å². The number of carbonyl (C=O) groups excluding carboxylic acids is 1. The van der Waals surface area contributed by atoms with E-state index in [9.17, 15) is 9.59 Å². The fourth-order valence-corrected chi connectivity index (χ4v) is 1.63. The summed E-state index contributed by atoms with van der Waals surface area (Å²) in [5, 5.41) is 11.4. The van der Waals surface area contributed by atoms with Crippen LogP contribution in [-0.2, 0) is 9.53 Å². The zero-order valence-electron chi connectivity index (χ0n) is 11.0. The van der Waals surface area contributed by atoms with Crippen LogP contribution >= 0.6 is 22.9 Å². The molecule has 0 bridgehead atoms. The van der Waals surface area contributed by atoms with Gasteiger partial charge in [0.05, 0.1) is 0 Å². The summed E-state index contributed by atoms with van der Waals surface area (Å²) in [5.74, 6) is -1.04. The fraction of sp³-hybridized carbons (Fsp3) is 0.818. The first-order chi connectivity index (χ1) is 8.26. The molecule has 0 fully saturated rings. The summed E-state index contributed by atoms with van der Waals surface area (Å²) < 4.78 is 7.97. The standard InChI is InChI=1S/C11H21IN2O4/c1-11(2,3)18-10(17)14-8(9(15)16)6-4-5-7-13-12/h8,13H,4-7H2,1-3H3,(H,14,17)(H,15,16)/t8-/m0/s1. The van der Waals surface area contributed by atoms with Crippen LogP contribution in [0, 0.1) is 0 Å². The van der Waals surface area contributed by atoms with Crippen LogP contribution in [0.4, 0.5) is 4.79 Å². The summed E-state index contributed by atoms with van der Waals surface area (Å²) in [7, 11) is 0. The molecule has 0 rings (SSSR count). The van der Waals surface area contributed by atoms with Crippen molar-refractivity contribution in [2.45, 2.75) is 51.7 Å². The number of unbranched alkanes of at least 4 members (excludes halogenated alkanes) is 1. The first kappa shape index (κ1) is 17.4. The van der Waals surface area contributed by atoms with Crippen molar-refractivity contribution in [1.82, 2.24) is 8.85 Å². The minimum atomic E-state index is -1.04. The average molecular weight is 372 g/mol. The molecule has 7 heteroatoms. The molecule has 0 aliphatic heterocycles. The third kappa shape index (κ3) is 9.46. The van der Waals surface area contributed by atoms with Gasteiger partial charge in [-0.15, -0.1) is 0 Å². The molecule has 3 N–H and O–H groups in total. The lowest BCUT2D eigenvalue weighted by Crippen LogP contribution is -2.43. The van der Waals surface area contributed by atoms with E-state index in [1.165, 1.54) is 0 Å². The highest BCUT2D eigenvalue weighted by molar-refractivity contribution is 14.1. The van der Waals surface area contributed by atoms with Gasteiger partial charge >= 0.3 is 12.1 Å². The Kier molecular flexibility index (Phi) is 8.25. The average Bonchev–Trinajstić information content (AvgIpc) is 2.19. The van der Waals surface area contributed by atoms with Crippen LogP contribution in [0.15, 0.2) is 0 Å². The number of halogens is 1. The summed E-state index contributed by atoms with van der Waals surface area (Å²) in [6.07, 6.45) is 1.29. The van der Waals surface area contributed by atoms with Gasteiger partial charge in [-0.1, -0.05) is 0 Å². The van der Waals surface area contributed by atoms with E-state index in [1.54, 1.807) is 20.8 Å². The summed E-state index contributed by atoms with van der Waals surface area (Å²) in [6.45, 7) is 6.01. The van der Waals surface area contributed by atoms with Gasteiger partial charge in [0, 0.05) is 29.4 Å². The van der Waals surface area contributed by atoms with Crippen molar-refractivity contribution >= 4 is 34.9 Å². The van der Waals surface area contributed by atoms with E-state index in [-0.39, 0.29) is 0 Å². The molecule has 6 nitrogen and oxygen atoms in total. The minimum absolute atomic E-state index is 0.396. The predicted octanol–water partition coefficient (Wildman–Crippen LogP) is 2.07. The van der Waals surface area contributed by atoms with Crippen LogP contribution in [0.5, 0.6) is 0 Å². The number of hydrogen-bond acceptors (Lipinski definition) is 4. The van der Waals surface area contributed by atoms with Crippen molar-refractivity contribution in [3.05, 3.63) is 0 Å². The summed E-state index contributed by atoms with van der Waals surface area (Å²) in [5.41, 5.74) is -0.627. The van der Waals surface area contributed by atoms with Crippen molar-refractivity contribution in [1.29, 1.82) is 0 Å². The molecule has 0 aromatic rings. The summed E-state index contributed by atoms with van der Waals surface area (Å²) >= 11 is 2.04. The molecule has 0 aliphatic rings. The van der Waals surface area contributed by atoms with Crippen LogP contribution in [0.2, 0.25) is 0 Å². The lowest BCUT2D eigenvalue weighted by molar-refractivity contribution is -0.139. The monoisotopic (exact) mass is 372 g/mol. The molecule has 0 aliphatic carbocycles. The van der Waals surface area contributed by atoms with E-state index in [2.05, 4.69) is 8.85 Å². The SMILES string of the molecule is CC(C)(C)OC(=O)N[C@@H](CCCCNI)C(=O)O. The van der Waals surface area contributed by atoms with Crippen LogP contribution in [0.25, 0.3) is 0 Å². The summed E-state index contributed by atoms with van der Waals surface area (Å²) in [4.78, 5) is 22.4. The molecule has 0 aromatic carbocycles. The van der Waals surface area contributed by atoms with E-state index in [1.807, 2.05) is 22.9 Å². The molecule has 0 aromatic heterocycles. The largest absolute Gasteiger partial charge is 0.480 e. The van der Waals surface area contributed by atoms with Gasteiger partial charge in [0.25, 0.3) is 0 Å². The maximum absolute atomic E-state index is 11.5. The minimum Gasteiger partial charge on any atom is -0.480 e. The molecule has 0 spiro atoms. The van der Waals surface area contributed by atoms with Gasteiger partial charge in [-0.3, -0.25) is 3.53 Å². The topological polar surface area (TPSA) is 87.7 Å². The number of alkyl carbamates (subject to hydrolysis) is 1. The van der Waals surface area contributed by atoms with E-state index in [0.717, 1.165) is 19.4 Å². The van der Waals surface area contributed by atoms with Crippen molar-refractivity contribution < 1.29 is 19.4 Å². The van der Waals surface area contributed by atoms with Gasteiger partial charge < -0.3 is 15.2 Å². The number of rotatable bonds is 7. The number of nitrogens with one attached hydrogen (secondary N) is 2. The van der Waals surface area contributed by atoms with Crippen molar-refractivity contribution in [2.75, 3.05) is 6.54 Å². The van der Waals surface area contributed by atoms with Crippen molar-refractivity contribution in [3.8, 4) is 0 Å². The highest BCUT2D eigenvalue weighted by Gasteiger charge is 2.23. The van der Waals surface area contributed by atoms with E-state index >= 15 is 0 Å². The first-order valence-corrected chi connectivity index (χ1v) is 6.90. The van der Waals surface area contributed by atoms with Gasteiger partial charge in [-0.05, 0) is 40.0 Å².